The van der Waals surface area contributed by atoms with Gasteiger partial charge in [-0.15, -0.1) is 36.2 Å². The van der Waals surface area contributed by atoms with Gasteiger partial charge in [-0.3, -0.25) is 4.79 Å². The molecule has 1 aromatic heterocycles. The predicted octanol–water partition coefficient (Wildman–Crippen LogP) is 2.87. The van der Waals surface area contributed by atoms with Crippen LogP contribution in [0, 0.1) is 5.92 Å². The van der Waals surface area contributed by atoms with Gasteiger partial charge in [-0.2, -0.15) is 0 Å². The van der Waals surface area contributed by atoms with Gasteiger partial charge in [-0.05, 0) is 25.2 Å². The van der Waals surface area contributed by atoms with Gasteiger partial charge in [-0.25, -0.2) is 4.98 Å². The second kappa shape index (κ2) is 8.32. The Morgan fingerprint density at radius 2 is 2.19 bits per heavy atom. The number of nitrogens with zero attached hydrogens (tertiary/aromatic N) is 2. The van der Waals surface area contributed by atoms with E-state index in [2.05, 4.69) is 10.3 Å². The number of carbonyl (C=O) groups is 1. The molecule has 1 N–H and O–H groups in total. The fraction of sp³-hybridized carbons (Fsp3) is 0.714. The highest BCUT2D eigenvalue weighted by Gasteiger charge is 2.39. The van der Waals surface area contributed by atoms with Gasteiger partial charge in [0.05, 0.1) is 23.8 Å². The molecule has 0 aromatic carbocycles. The molecular weight excluding hydrogens is 329 g/mol. The number of likely N-dealkylation sites (N-methyl/N-ethyl adjacent to an activating group) is 1. The molecule has 0 radical (unpaired) electrons. The second-order valence-electron chi connectivity index (χ2n) is 5.78. The first-order valence-corrected chi connectivity index (χ1v) is 8.06. The van der Waals surface area contributed by atoms with Crippen LogP contribution in [0.5, 0.6) is 0 Å². The first-order valence-electron chi connectivity index (χ1n) is 7.12. The third-order valence-electron chi connectivity index (χ3n) is 4.42. The molecule has 120 valence electrons. The third-order valence-corrected chi connectivity index (χ3v) is 5.06. The predicted molar refractivity (Wildman–Crippen MR) is 90.4 cm³/mol. The second-order valence-corrected chi connectivity index (χ2v) is 6.50. The van der Waals surface area contributed by atoms with E-state index in [1.54, 1.807) is 11.3 Å². The van der Waals surface area contributed by atoms with Crippen LogP contribution in [0.3, 0.4) is 0 Å². The van der Waals surface area contributed by atoms with Crippen molar-refractivity contribution in [2.24, 2.45) is 5.92 Å². The van der Waals surface area contributed by atoms with Crippen molar-refractivity contribution in [3.05, 3.63) is 16.6 Å². The van der Waals surface area contributed by atoms with E-state index in [0.717, 1.165) is 18.0 Å². The van der Waals surface area contributed by atoms with Crippen LogP contribution < -0.4 is 5.32 Å². The van der Waals surface area contributed by atoms with Crippen molar-refractivity contribution in [3.8, 4) is 0 Å². The van der Waals surface area contributed by atoms with Crippen LogP contribution in [0.25, 0.3) is 0 Å². The van der Waals surface area contributed by atoms with E-state index in [1.807, 2.05) is 22.8 Å². The number of thiazole rings is 1. The highest BCUT2D eigenvalue weighted by Crippen LogP contribution is 2.33. The van der Waals surface area contributed by atoms with Gasteiger partial charge in [0.1, 0.15) is 0 Å². The number of rotatable bonds is 3. The number of nitrogens with one attached hydrogen (secondary N) is 1. The lowest BCUT2D eigenvalue weighted by Gasteiger charge is -2.24. The Bertz CT molecular complexity index is 429. The van der Waals surface area contributed by atoms with Crippen molar-refractivity contribution in [1.82, 2.24) is 15.2 Å². The SMILES string of the molecule is CN(Cc1cscn1)C(=O)C1CC2CCCCC2N1.Cl.Cl. The zero-order valence-corrected chi connectivity index (χ0v) is 14.6. The summed E-state index contributed by atoms with van der Waals surface area (Å²) in [5.74, 6) is 0.942. The molecule has 0 bridgehead atoms. The van der Waals surface area contributed by atoms with Crippen LogP contribution in [0.1, 0.15) is 37.8 Å². The zero-order chi connectivity index (χ0) is 13.2. The molecule has 1 saturated carbocycles. The molecule has 1 amide bonds. The lowest BCUT2D eigenvalue weighted by molar-refractivity contribution is -0.132. The molecule has 3 unspecified atom stereocenters. The summed E-state index contributed by atoms with van der Waals surface area (Å²) < 4.78 is 0. The monoisotopic (exact) mass is 351 g/mol. The van der Waals surface area contributed by atoms with E-state index >= 15 is 0 Å². The molecule has 7 heteroatoms. The summed E-state index contributed by atoms with van der Waals surface area (Å²) in [6.07, 6.45) is 6.19. The average molecular weight is 352 g/mol. The van der Waals surface area contributed by atoms with Gasteiger partial charge in [0.25, 0.3) is 0 Å². The number of hydrogen-bond donors (Lipinski definition) is 1. The van der Waals surface area contributed by atoms with E-state index < -0.39 is 0 Å². The van der Waals surface area contributed by atoms with Gasteiger partial charge in [0.15, 0.2) is 0 Å². The number of hydrogen-bond acceptors (Lipinski definition) is 4. The maximum Gasteiger partial charge on any atom is 0.239 e. The lowest BCUT2D eigenvalue weighted by atomic mass is 9.85. The summed E-state index contributed by atoms with van der Waals surface area (Å²) >= 11 is 1.58. The number of fused-ring (bicyclic) bond motifs is 1. The third kappa shape index (κ3) is 4.31. The molecule has 1 aliphatic heterocycles. The Morgan fingerprint density at radius 1 is 1.43 bits per heavy atom. The van der Waals surface area contributed by atoms with Gasteiger partial charge >= 0.3 is 0 Å². The van der Waals surface area contributed by atoms with Crippen molar-refractivity contribution in [3.63, 3.8) is 0 Å². The Morgan fingerprint density at radius 3 is 2.86 bits per heavy atom. The number of amides is 1. The van der Waals surface area contributed by atoms with E-state index in [4.69, 9.17) is 0 Å². The molecule has 0 spiro atoms. The molecule has 1 aromatic rings. The maximum atomic E-state index is 12.5. The van der Waals surface area contributed by atoms with E-state index in [9.17, 15) is 4.79 Å². The Balaban J connectivity index is 0.00000110. The molecule has 1 saturated heterocycles. The van der Waals surface area contributed by atoms with Crippen molar-refractivity contribution < 1.29 is 4.79 Å². The highest BCUT2D eigenvalue weighted by atomic mass is 35.5. The summed E-state index contributed by atoms with van der Waals surface area (Å²) in [6, 6.07) is 0.604. The van der Waals surface area contributed by atoms with Crippen molar-refractivity contribution in [2.75, 3.05) is 7.05 Å². The van der Waals surface area contributed by atoms with Crippen LogP contribution in [0.2, 0.25) is 0 Å². The quantitative estimate of drug-likeness (QED) is 0.910. The number of halogens is 2. The largest absolute Gasteiger partial charge is 0.338 e. The van der Waals surface area contributed by atoms with Crippen LogP contribution in [-0.4, -0.2) is 34.9 Å². The average Bonchev–Trinajstić information content (AvgIpc) is 3.05. The topological polar surface area (TPSA) is 45.2 Å². The van der Waals surface area contributed by atoms with Crippen LogP contribution in [0.15, 0.2) is 10.9 Å². The van der Waals surface area contributed by atoms with Crippen molar-refractivity contribution >= 4 is 42.1 Å². The highest BCUT2D eigenvalue weighted by molar-refractivity contribution is 7.07. The molecule has 4 nitrogen and oxygen atoms in total. The normalized spacial score (nSPS) is 27.2. The van der Waals surface area contributed by atoms with Crippen LogP contribution >= 0.6 is 36.2 Å². The molecule has 2 aliphatic rings. The first-order chi connectivity index (χ1) is 9.24. The summed E-state index contributed by atoms with van der Waals surface area (Å²) in [5.41, 5.74) is 2.80. The van der Waals surface area contributed by atoms with Crippen LogP contribution in [0.4, 0.5) is 0 Å². The van der Waals surface area contributed by atoms with Gasteiger partial charge in [0.2, 0.25) is 5.91 Å². The first kappa shape index (κ1) is 18.7. The standard InChI is InChI=1S/C14H21N3OS.2ClH/c1-17(7-11-8-19-9-15-11)14(18)13-6-10-4-2-3-5-12(10)16-13;;/h8-10,12-13,16H,2-7H2,1H3;2*1H. The van der Waals surface area contributed by atoms with E-state index in [-0.39, 0.29) is 36.8 Å². The Hall–Kier alpha value is -0.360. The molecular formula is C14H23Cl2N3OS. The minimum atomic E-state index is 0. The minimum Gasteiger partial charge on any atom is -0.338 e. The van der Waals surface area contributed by atoms with Gasteiger partial charge in [0, 0.05) is 18.5 Å². The van der Waals surface area contributed by atoms with Crippen molar-refractivity contribution in [1.29, 1.82) is 0 Å². The Labute approximate surface area is 142 Å². The fourth-order valence-corrected chi connectivity index (χ4v) is 3.96. The maximum absolute atomic E-state index is 12.5. The molecule has 3 rings (SSSR count). The molecule has 3 atom stereocenters. The van der Waals surface area contributed by atoms with Gasteiger partial charge < -0.3 is 10.2 Å². The lowest BCUT2D eigenvalue weighted by Crippen LogP contribution is -2.43. The van der Waals surface area contributed by atoms with E-state index in [1.165, 1.54) is 25.7 Å². The summed E-state index contributed by atoms with van der Waals surface area (Å²) in [7, 11) is 1.88. The molecule has 21 heavy (non-hydrogen) atoms. The minimum absolute atomic E-state index is 0. The van der Waals surface area contributed by atoms with E-state index in [0.29, 0.717) is 12.6 Å². The smallest absolute Gasteiger partial charge is 0.239 e. The van der Waals surface area contributed by atoms with Crippen molar-refractivity contribution in [2.45, 2.75) is 50.7 Å². The number of aromatic nitrogens is 1. The Kier molecular flexibility index (Phi) is 7.40. The molecule has 1 aliphatic carbocycles. The number of carbonyl (C=O) groups excluding carboxylic acids is 1. The summed E-state index contributed by atoms with van der Waals surface area (Å²) in [4.78, 5) is 18.5. The summed E-state index contributed by atoms with van der Waals surface area (Å²) in [6.45, 7) is 0.621. The summed E-state index contributed by atoms with van der Waals surface area (Å²) in [5, 5.41) is 5.55. The molecule has 2 fully saturated rings. The van der Waals surface area contributed by atoms with Gasteiger partial charge in [-0.1, -0.05) is 12.8 Å². The fourth-order valence-electron chi connectivity index (χ4n) is 3.41. The zero-order valence-electron chi connectivity index (χ0n) is 12.2. The van der Waals surface area contributed by atoms with Crippen LogP contribution in [-0.2, 0) is 11.3 Å². The molecule has 2 heterocycles.